The molecule has 0 bridgehead atoms. The van der Waals surface area contributed by atoms with Crippen LogP contribution in [0.2, 0.25) is 0 Å². The van der Waals surface area contributed by atoms with Crippen LogP contribution in [0, 0.1) is 0 Å². The van der Waals surface area contributed by atoms with Gasteiger partial charge in [0.2, 0.25) is 0 Å². The quantitative estimate of drug-likeness (QED) is 0.568. The highest BCUT2D eigenvalue weighted by Crippen LogP contribution is 1.96. The highest BCUT2D eigenvalue weighted by atomic mass is 16.4. The minimum absolute atomic E-state index is 0.105. The van der Waals surface area contributed by atoms with Crippen molar-refractivity contribution in [1.82, 2.24) is 5.32 Å². The Balaban J connectivity index is 3.60. The molecule has 0 aliphatic carbocycles. The standard InChI is InChI=1S/C7H11NO2/c1-5(2)6(3)8-4-7(9)10/h8H,1,3-4H2,2H3,(H,9,10). The van der Waals surface area contributed by atoms with Gasteiger partial charge in [-0.05, 0) is 12.5 Å². The monoisotopic (exact) mass is 141 g/mol. The molecule has 0 spiro atoms. The van der Waals surface area contributed by atoms with E-state index >= 15 is 0 Å². The van der Waals surface area contributed by atoms with Gasteiger partial charge in [-0.25, -0.2) is 0 Å². The Morgan fingerprint density at radius 1 is 1.60 bits per heavy atom. The van der Waals surface area contributed by atoms with E-state index in [-0.39, 0.29) is 6.54 Å². The molecule has 56 valence electrons. The first-order valence-electron chi connectivity index (χ1n) is 2.84. The summed E-state index contributed by atoms with van der Waals surface area (Å²) in [6, 6.07) is 0. The molecule has 10 heavy (non-hydrogen) atoms. The lowest BCUT2D eigenvalue weighted by atomic mass is 10.3. The van der Waals surface area contributed by atoms with E-state index in [1.807, 2.05) is 0 Å². The van der Waals surface area contributed by atoms with Crippen molar-refractivity contribution < 1.29 is 9.90 Å². The molecule has 0 aliphatic rings. The van der Waals surface area contributed by atoms with Crippen LogP contribution >= 0.6 is 0 Å². The number of nitrogens with one attached hydrogen (secondary N) is 1. The maximum Gasteiger partial charge on any atom is 0.322 e. The van der Waals surface area contributed by atoms with Crippen LogP contribution in [0.5, 0.6) is 0 Å². The van der Waals surface area contributed by atoms with Crippen LogP contribution in [0.1, 0.15) is 6.92 Å². The molecule has 0 fully saturated rings. The van der Waals surface area contributed by atoms with Crippen LogP contribution in [-0.4, -0.2) is 17.6 Å². The Bertz CT molecular complexity index is 172. The minimum atomic E-state index is -0.901. The molecule has 2 N–H and O–H groups in total. The molecule has 0 rings (SSSR count). The summed E-state index contributed by atoms with van der Waals surface area (Å²) in [6.45, 7) is 8.79. The van der Waals surface area contributed by atoms with Crippen molar-refractivity contribution in [2.45, 2.75) is 6.92 Å². The zero-order valence-corrected chi connectivity index (χ0v) is 5.98. The van der Waals surface area contributed by atoms with Crippen LogP contribution in [0.15, 0.2) is 24.4 Å². The number of allylic oxidation sites excluding steroid dienone is 1. The predicted octanol–water partition coefficient (Wildman–Crippen LogP) is 0.750. The van der Waals surface area contributed by atoms with E-state index in [0.29, 0.717) is 5.70 Å². The van der Waals surface area contributed by atoms with Crippen molar-refractivity contribution >= 4 is 5.97 Å². The van der Waals surface area contributed by atoms with Gasteiger partial charge in [-0.15, -0.1) is 0 Å². The molecule has 0 unspecified atom stereocenters. The first-order chi connectivity index (χ1) is 4.54. The van der Waals surface area contributed by atoms with Gasteiger partial charge in [0.15, 0.2) is 0 Å². The average Bonchev–Trinajstić information content (AvgIpc) is 1.82. The van der Waals surface area contributed by atoms with Gasteiger partial charge in [-0.2, -0.15) is 0 Å². The van der Waals surface area contributed by atoms with Crippen molar-refractivity contribution in [3.8, 4) is 0 Å². The number of carboxylic acid groups (broad SMARTS) is 1. The van der Waals surface area contributed by atoms with Crippen molar-refractivity contribution in [1.29, 1.82) is 0 Å². The van der Waals surface area contributed by atoms with Gasteiger partial charge in [-0.1, -0.05) is 13.2 Å². The van der Waals surface area contributed by atoms with Crippen LogP contribution in [0.3, 0.4) is 0 Å². The summed E-state index contributed by atoms with van der Waals surface area (Å²) in [5, 5.41) is 10.8. The fourth-order valence-corrected chi connectivity index (χ4v) is 0.333. The van der Waals surface area contributed by atoms with Gasteiger partial charge < -0.3 is 10.4 Å². The number of rotatable bonds is 4. The molecule has 0 amide bonds. The predicted molar refractivity (Wildman–Crippen MR) is 39.6 cm³/mol. The van der Waals surface area contributed by atoms with Crippen molar-refractivity contribution in [3.63, 3.8) is 0 Å². The topological polar surface area (TPSA) is 49.3 Å². The lowest BCUT2D eigenvalue weighted by molar-refractivity contribution is -0.135. The highest BCUT2D eigenvalue weighted by Gasteiger charge is 1.96. The SMILES string of the molecule is C=C(C)C(=C)NCC(=O)O. The van der Waals surface area contributed by atoms with Crippen LogP contribution in [0.25, 0.3) is 0 Å². The smallest absolute Gasteiger partial charge is 0.322 e. The van der Waals surface area contributed by atoms with Gasteiger partial charge in [0.05, 0.1) is 0 Å². The van der Waals surface area contributed by atoms with Crippen LogP contribution < -0.4 is 5.32 Å². The van der Waals surface area contributed by atoms with Gasteiger partial charge in [0.1, 0.15) is 6.54 Å². The normalized spacial score (nSPS) is 8.50. The van der Waals surface area contributed by atoms with E-state index in [0.717, 1.165) is 5.57 Å². The zero-order valence-electron chi connectivity index (χ0n) is 5.98. The molecule has 0 heterocycles. The third-order valence-corrected chi connectivity index (χ3v) is 0.968. The van der Waals surface area contributed by atoms with Gasteiger partial charge in [-0.3, -0.25) is 4.79 Å². The third kappa shape index (κ3) is 3.72. The summed E-state index contributed by atoms with van der Waals surface area (Å²) in [5.74, 6) is -0.901. The maximum absolute atomic E-state index is 9.99. The Morgan fingerprint density at radius 2 is 2.10 bits per heavy atom. The summed E-state index contributed by atoms with van der Waals surface area (Å²) in [6.07, 6.45) is 0. The second kappa shape index (κ2) is 3.71. The first kappa shape index (κ1) is 8.75. The highest BCUT2D eigenvalue weighted by molar-refractivity contribution is 5.69. The van der Waals surface area contributed by atoms with Crippen molar-refractivity contribution in [3.05, 3.63) is 24.4 Å². The minimum Gasteiger partial charge on any atom is -0.480 e. The lowest BCUT2D eigenvalue weighted by Crippen LogP contribution is -2.21. The summed E-state index contributed by atoms with van der Waals surface area (Å²) in [7, 11) is 0. The zero-order chi connectivity index (χ0) is 8.15. The molecule has 0 saturated heterocycles. The fraction of sp³-hybridized carbons (Fsp3) is 0.286. The molecule has 0 aromatic rings. The van der Waals surface area contributed by atoms with Crippen molar-refractivity contribution in [2.75, 3.05) is 6.54 Å². The second-order valence-corrected chi connectivity index (χ2v) is 2.01. The summed E-state index contributed by atoms with van der Waals surface area (Å²) < 4.78 is 0. The lowest BCUT2D eigenvalue weighted by Gasteiger charge is -2.04. The van der Waals surface area contributed by atoms with Crippen LogP contribution in [-0.2, 0) is 4.79 Å². The van der Waals surface area contributed by atoms with Crippen molar-refractivity contribution in [2.24, 2.45) is 0 Å². The largest absolute Gasteiger partial charge is 0.480 e. The van der Waals surface area contributed by atoms with Gasteiger partial charge >= 0.3 is 5.97 Å². The molecule has 0 aliphatic heterocycles. The molecule has 0 saturated carbocycles. The summed E-state index contributed by atoms with van der Waals surface area (Å²) >= 11 is 0. The van der Waals surface area contributed by atoms with Gasteiger partial charge in [0.25, 0.3) is 0 Å². The van der Waals surface area contributed by atoms with E-state index in [4.69, 9.17) is 5.11 Å². The van der Waals surface area contributed by atoms with Gasteiger partial charge in [0, 0.05) is 5.70 Å². The second-order valence-electron chi connectivity index (χ2n) is 2.01. The fourth-order valence-electron chi connectivity index (χ4n) is 0.333. The maximum atomic E-state index is 9.99. The number of hydrogen-bond donors (Lipinski definition) is 2. The number of aliphatic carboxylic acids is 1. The molecule has 0 aromatic carbocycles. The van der Waals surface area contributed by atoms with E-state index < -0.39 is 5.97 Å². The van der Waals surface area contributed by atoms with Crippen LogP contribution in [0.4, 0.5) is 0 Å². The Hall–Kier alpha value is -1.25. The molecule has 0 aromatic heterocycles. The van der Waals surface area contributed by atoms with E-state index in [2.05, 4.69) is 18.5 Å². The Kier molecular flexibility index (Phi) is 3.25. The van der Waals surface area contributed by atoms with E-state index in [1.54, 1.807) is 6.92 Å². The molecule has 3 heteroatoms. The number of carboxylic acids is 1. The molecule has 0 atom stereocenters. The van der Waals surface area contributed by atoms with E-state index in [1.165, 1.54) is 0 Å². The Morgan fingerprint density at radius 3 is 2.40 bits per heavy atom. The molecular formula is C7H11NO2. The first-order valence-corrected chi connectivity index (χ1v) is 2.84. The molecular weight excluding hydrogens is 130 g/mol. The van der Waals surface area contributed by atoms with E-state index in [9.17, 15) is 4.79 Å². The third-order valence-electron chi connectivity index (χ3n) is 0.968. The number of hydrogen-bond acceptors (Lipinski definition) is 2. The molecule has 0 radical (unpaired) electrons. The summed E-state index contributed by atoms with van der Waals surface area (Å²) in [4.78, 5) is 9.99. The Labute approximate surface area is 60.1 Å². The average molecular weight is 141 g/mol. The number of carbonyl (C=O) groups is 1. The molecule has 3 nitrogen and oxygen atoms in total. The summed E-state index contributed by atoms with van der Waals surface area (Å²) in [5.41, 5.74) is 1.32.